The van der Waals surface area contributed by atoms with E-state index in [0.29, 0.717) is 12.6 Å². The van der Waals surface area contributed by atoms with Gasteiger partial charge >= 0.3 is 0 Å². The molecule has 1 amide bonds. The van der Waals surface area contributed by atoms with Crippen molar-refractivity contribution in [3.63, 3.8) is 0 Å². The van der Waals surface area contributed by atoms with Crippen molar-refractivity contribution in [1.82, 2.24) is 9.80 Å². The van der Waals surface area contributed by atoms with Crippen LogP contribution in [-0.4, -0.2) is 54.5 Å². The lowest BCUT2D eigenvalue weighted by atomic mass is 9.97. The van der Waals surface area contributed by atoms with Crippen molar-refractivity contribution in [1.29, 1.82) is 0 Å². The number of piperidine rings is 2. The van der Waals surface area contributed by atoms with Crippen LogP contribution in [0, 0.1) is 0 Å². The minimum absolute atomic E-state index is 0.186. The van der Waals surface area contributed by atoms with Crippen LogP contribution in [0.5, 0.6) is 5.75 Å². The van der Waals surface area contributed by atoms with Crippen LogP contribution in [0.15, 0.2) is 24.3 Å². The largest absolute Gasteiger partial charge is 0.494 e. The van der Waals surface area contributed by atoms with E-state index in [4.69, 9.17) is 4.74 Å². The number of rotatable bonds is 6. The fourth-order valence-electron chi connectivity index (χ4n) is 4.11. The molecule has 1 unspecified atom stereocenters. The Morgan fingerprint density at radius 2 is 1.76 bits per heavy atom. The van der Waals surface area contributed by atoms with Gasteiger partial charge in [-0.2, -0.15) is 0 Å². The van der Waals surface area contributed by atoms with Crippen LogP contribution in [-0.2, 0) is 0 Å². The van der Waals surface area contributed by atoms with Crippen LogP contribution in [0.3, 0.4) is 0 Å². The van der Waals surface area contributed by atoms with Gasteiger partial charge in [-0.25, -0.2) is 0 Å². The number of carbonyl (C=O) groups is 1. The lowest BCUT2D eigenvalue weighted by Crippen LogP contribution is -2.45. The monoisotopic (exact) mass is 344 g/mol. The fraction of sp³-hybridized carbons (Fsp3) is 0.667. The summed E-state index contributed by atoms with van der Waals surface area (Å²) in [7, 11) is 0. The lowest BCUT2D eigenvalue weighted by Gasteiger charge is -2.37. The van der Waals surface area contributed by atoms with E-state index in [0.717, 1.165) is 43.7 Å². The van der Waals surface area contributed by atoms with Gasteiger partial charge in [0.2, 0.25) is 0 Å². The van der Waals surface area contributed by atoms with E-state index in [1.54, 1.807) is 0 Å². The lowest BCUT2D eigenvalue weighted by molar-refractivity contribution is 0.0579. The van der Waals surface area contributed by atoms with E-state index in [1.165, 1.54) is 38.8 Å². The van der Waals surface area contributed by atoms with Gasteiger partial charge in [0.1, 0.15) is 5.75 Å². The van der Waals surface area contributed by atoms with Gasteiger partial charge in [0.25, 0.3) is 5.91 Å². The Hall–Kier alpha value is -1.55. The molecule has 4 nitrogen and oxygen atoms in total. The molecule has 2 heterocycles. The molecule has 0 bridgehead atoms. The summed E-state index contributed by atoms with van der Waals surface area (Å²) in [4.78, 5) is 17.7. The fourth-order valence-corrected chi connectivity index (χ4v) is 4.11. The normalized spacial score (nSPS) is 22.0. The first-order valence-electron chi connectivity index (χ1n) is 10.0. The molecule has 2 saturated heterocycles. The topological polar surface area (TPSA) is 32.8 Å². The van der Waals surface area contributed by atoms with E-state index in [2.05, 4.69) is 9.80 Å². The molecule has 3 rings (SSSR count). The summed E-state index contributed by atoms with van der Waals surface area (Å²) >= 11 is 0. The molecule has 2 aliphatic rings. The highest BCUT2D eigenvalue weighted by Gasteiger charge is 2.27. The van der Waals surface area contributed by atoms with Gasteiger partial charge in [0, 0.05) is 24.7 Å². The van der Waals surface area contributed by atoms with E-state index >= 15 is 0 Å². The molecular formula is C21H32N2O2. The van der Waals surface area contributed by atoms with Crippen molar-refractivity contribution in [3.8, 4) is 5.75 Å². The third-order valence-electron chi connectivity index (χ3n) is 5.53. The summed E-state index contributed by atoms with van der Waals surface area (Å²) in [6.07, 6.45) is 8.68. The van der Waals surface area contributed by atoms with Gasteiger partial charge in [-0.1, -0.05) is 6.42 Å². The van der Waals surface area contributed by atoms with Crippen LogP contribution < -0.4 is 4.74 Å². The van der Waals surface area contributed by atoms with Crippen molar-refractivity contribution in [2.45, 2.75) is 57.9 Å². The van der Waals surface area contributed by atoms with Crippen LogP contribution in [0.4, 0.5) is 0 Å². The average molecular weight is 344 g/mol. The maximum Gasteiger partial charge on any atom is 0.254 e. The highest BCUT2D eigenvalue weighted by Crippen LogP contribution is 2.24. The standard InChI is InChI=1S/C21H32N2O2/c1-2-25-20-11-9-18(10-12-20)21(24)23-16-7-4-8-19(23)13-17-22-14-5-3-6-15-22/h9-12,19H,2-8,13-17H2,1H3. The summed E-state index contributed by atoms with van der Waals surface area (Å²) in [5.41, 5.74) is 0.785. The molecule has 2 fully saturated rings. The summed E-state index contributed by atoms with van der Waals surface area (Å²) in [6.45, 7) is 7.13. The molecule has 1 atom stereocenters. The number of nitrogens with zero attached hydrogens (tertiary/aromatic N) is 2. The Kier molecular flexibility index (Phi) is 6.74. The number of likely N-dealkylation sites (tertiary alicyclic amines) is 2. The van der Waals surface area contributed by atoms with Gasteiger partial charge < -0.3 is 14.5 Å². The highest BCUT2D eigenvalue weighted by molar-refractivity contribution is 5.94. The van der Waals surface area contributed by atoms with Crippen LogP contribution in [0.25, 0.3) is 0 Å². The summed E-state index contributed by atoms with van der Waals surface area (Å²) in [5, 5.41) is 0. The van der Waals surface area contributed by atoms with Gasteiger partial charge in [-0.3, -0.25) is 4.79 Å². The molecule has 0 N–H and O–H groups in total. The van der Waals surface area contributed by atoms with Crippen molar-refractivity contribution >= 4 is 5.91 Å². The molecule has 4 heteroatoms. The molecular weight excluding hydrogens is 312 g/mol. The molecule has 25 heavy (non-hydrogen) atoms. The molecule has 0 saturated carbocycles. The van der Waals surface area contributed by atoms with Crippen molar-refractivity contribution < 1.29 is 9.53 Å². The van der Waals surface area contributed by atoms with Crippen molar-refractivity contribution in [2.24, 2.45) is 0 Å². The Bertz CT molecular complexity index is 537. The zero-order valence-corrected chi connectivity index (χ0v) is 15.6. The highest BCUT2D eigenvalue weighted by atomic mass is 16.5. The predicted octanol–water partition coefficient (Wildman–Crippen LogP) is 3.96. The minimum atomic E-state index is 0.186. The number of hydrogen-bond donors (Lipinski definition) is 0. The van der Waals surface area contributed by atoms with Crippen LogP contribution >= 0.6 is 0 Å². The molecule has 0 aromatic heterocycles. The molecule has 2 aliphatic heterocycles. The smallest absolute Gasteiger partial charge is 0.254 e. The Morgan fingerprint density at radius 1 is 1.04 bits per heavy atom. The second-order valence-corrected chi connectivity index (χ2v) is 7.30. The first kappa shape index (κ1) is 18.2. The average Bonchev–Trinajstić information content (AvgIpc) is 2.68. The van der Waals surface area contributed by atoms with Crippen molar-refractivity contribution in [3.05, 3.63) is 29.8 Å². The minimum Gasteiger partial charge on any atom is -0.494 e. The van der Waals surface area contributed by atoms with E-state index in [1.807, 2.05) is 31.2 Å². The van der Waals surface area contributed by atoms with E-state index in [9.17, 15) is 4.79 Å². The molecule has 0 spiro atoms. The van der Waals surface area contributed by atoms with E-state index < -0.39 is 0 Å². The quantitative estimate of drug-likeness (QED) is 0.783. The SMILES string of the molecule is CCOc1ccc(C(=O)N2CCCCC2CCN2CCCCC2)cc1. The molecule has 138 valence electrons. The molecule has 0 aliphatic carbocycles. The number of benzene rings is 1. The van der Waals surface area contributed by atoms with E-state index in [-0.39, 0.29) is 5.91 Å². The first-order valence-corrected chi connectivity index (χ1v) is 10.0. The molecule has 0 radical (unpaired) electrons. The number of amides is 1. The number of hydrogen-bond acceptors (Lipinski definition) is 3. The summed E-state index contributed by atoms with van der Waals surface area (Å²) in [5.74, 6) is 1.02. The predicted molar refractivity (Wildman–Crippen MR) is 101 cm³/mol. The first-order chi connectivity index (χ1) is 12.3. The number of carbonyl (C=O) groups excluding carboxylic acids is 1. The maximum atomic E-state index is 13.0. The molecule has 1 aromatic carbocycles. The summed E-state index contributed by atoms with van der Waals surface area (Å²) < 4.78 is 5.48. The Morgan fingerprint density at radius 3 is 2.48 bits per heavy atom. The van der Waals surface area contributed by atoms with Crippen LogP contribution in [0.1, 0.15) is 62.2 Å². The zero-order valence-electron chi connectivity index (χ0n) is 15.6. The Balaban J connectivity index is 1.59. The van der Waals surface area contributed by atoms with Gasteiger partial charge in [0.05, 0.1) is 6.61 Å². The molecule has 1 aromatic rings. The third kappa shape index (κ3) is 4.97. The second kappa shape index (κ2) is 9.23. The van der Waals surface area contributed by atoms with Gasteiger partial charge in [-0.05, 0) is 82.8 Å². The number of ether oxygens (including phenoxy) is 1. The second-order valence-electron chi connectivity index (χ2n) is 7.30. The third-order valence-corrected chi connectivity index (χ3v) is 5.53. The maximum absolute atomic E-state index is 13.0. The van der Waals surface area contributed by atoms with Crippen LogP contribution in [0.2, 0.25) is 0 Å². The Labute approximate surface area is 152 Å². The van der Waals surface area contributed by atoms with Gasteiger partial charge in [-0.15, -0.1) is 0 Å². The summed E-state index contributed by atoms with van der Waals surface area (Å²) in [6, 6.07) is 8.02. The van der Waals surface area contributed by atoms with Gasteiger partial charge in [0.15, 0.2) is 0 Å². The van der Waals surface area contributed by atoms with Crippen molar-refractivity contribution in [2.75, 3.05) is 32.8 Å². The zero-order chi connectivity index (χ0) is 17.5.